The van der Waals surface area contributed by atoms with Gasteiger partial charge in [-0.05, 0) is 12.8 Å². The van der Waals surface area contributed by atoms with Gasteiger partial charge in [-0.2, -0.15) is 0 Å². The SMILES string of the molecule is NCC1CCC(C(=O)N2CCOCC2C(N)=O)O1. The van der Waals surface area contributed by atoms with E-state index in [-0.39, 0.29) is 18.6 Å². The zero-order chi connectivity index (χ0) is 13.1. The summed E-state index contributed by atoms with van der Waals surface area (Å²) in [6, 6.07) is -0.688. The molecule has 0 saturated carbocycles. The number of primary amides is 1. The van der Waals surface area contributed by atoms with E-state index in [4.69, 9.17) is 20.9 Å². The molecule has 2 amide bonds. The number of amides is 2. The Morgan fingerprint density at radius 3 is 2.72 bits per heavy atom. The van der Waals surface area contributed by atoms with Crippen LogP contribution in [0.2, 0.25) is 0 Å². The van der Waals surface area contributed by atoms with Crippen LogP contribution in [-0.2, 0) is 19.1 Å². The van der Waals surface area contributed by atoms with Crippen LogP contribution in [0.15, 0.2) is 0 Å². The molecule has 0 bridgehead atoms. The van der Waals surface area contributed by atoms with Gasteiger partial charge in [-0.15, -0.1) is 0 Å². The van der Waals surface area contributed by atoms with Crippen LogP contribution in [0, 0.1) is 0 Å². The Labute approximate surface area is 105 Å². The fraction of sp³-hybridized carbons (Fsp3) is 0.818. The van der Waals surface area contributed by atoms with Crippen LogP contribution in [0.4, 0.5) is 0 Å². The summed E-state index contributed by atoms with van der Waals surface area (Å²) >= 11 is 0. The number of carbonyl (C=O) groups is 2. The first kappa shape index (κ1) is 13.3. The van der Waals surface area contributed by atoms with Crippen LogP contribution in [0.3, 0.4) is 0 Å². The summed E-state index contributed by atoms with van der Waals surface area (Å²) in [6.07, 6.45) is 0.854. The number of carbonyl (C=O) groups excluding carboxylic acids is 2. The molecule has 7 heteroatoms. The van der Waals surface area contributed by atoms with Crippen molar-refractivity contribution >= 4 is 11.8 Å². The molecular formula is C11H19N3O4. The largest absolute Gasteiger partial charge is 0.377 e. The lowest BCUT2D eigenvalue weighted by molar-refractivity contribution is -0.155. The normalized spacial score (nSPS) is 32.5. The molecule has 7 nitrogen and oxygen atoms in total. The standard InChI is InChI=1S/C11H19N3O4/c12-5-7-1-2-9(18-7)11(16)14-3-4-17-6-8(14)10(13)15/h7-9H,1-6,12H2,(H2,13,15). The second kappa shape index (κ2) is 5.64. The lowest BCUT2D eigenvalue weighted by Crippen LogP contribution is -2.57. The van der Waals surface area contributed by atoms with Crippen LogP contribution in [0.1, 0.15) is 12.8 Å². The monoisotopic (exact) mass is 257 g/mol. The van der Waals surface area contributed by atoms with E-state index < -0.39 is 18.1 Å². The summed E-state index contributed by atoms with van der Waals surface area (Å²) in [5.74, 6) is -0.727. The molecule has 0 aromatic rings. The van der Waals surface area contributed by atoms with Gasteiger partial charge in [0.2, 0.25) is 5.91 Å². The van der Waals surface area contributed by atoms with Crippen molar-refractivity contribution in [2.45, 2.75) is 31.1 Å². The highest BCUT2D eigenvalue weighted by atomic mass is 16.5. The van der Waals surface area contributed by atoms with Gasteiger partial charge in [0.05, 0.1) is 19.3 Å². The van der Waals surface area contributed by atoms with Crippen molar-refractivity contribution in [2.24, 2.45) is 11.5 Å². The molecule has 2 aliphatic heterocycles. The molecule has 0 radical (unpaired) electrons. The van der Waals surface area contributed by atoms with Gasteiger partial charge in [0.25, 0.3) is 5.91 Å². The summed E-state index contributed by atoms with van der Waals surface area (Å²) < 4.78 is 10.7. The van der Waals surface area contributed by atoms with Crippen molar-refractivity contribution in [3.8, 4) is 0 Å². The zero-order valence-corrected chi connectivity index (χ0v) is 10.2. The molecule has 3 atom stereocenters. The van der Waals surface area contributed by atoms with Gasteiger partial charge in [-0.25, -0.2) is 0 Å². The lowest BCUT2D eigenvalue weighted by atomic mass is 10.1. The molecule has 0 aliphatic carbocycles. The molecule has 0 aromatic carbocycles. The molecular weight excluding hydrogens is 238 g/mol. The van der Waals surface area contributed by atoms with Crippen LogP contribution in [-0.4, -0.2) is 61.3 Å². The minimum Gasteiger partial charge on any atom is -0.377 e. The van der Waals surface area contributed by atoms with Gasteiger partial charge in [0, 0.05) is 13.1 Å². The third-order valence-electron chi connectivity index (χ3n) is 3.39. The Balaban J connectivity index is 2.00. The third-order valence-corrected chi connectivity index (χ3v) is 3.39. The van der Waals surface area contributed by atoms with E-state index in [2.05, 4.69) is 0 Å². The molecule has 2 rings (SSSR count). The topological polar surface area (TPSA) is 108 Å². The highest BCUT2D eigenvalue weighted by molar-refractivity contribution is 5.89. The van der Waals surface area contributed by atoms with E-state index in [9.17, 15) is 9.59 Å². The number of nitrogens with zero attached hydrogens (tertiary/aromatic N) is 1. The van der Waals surface area contributed by atoms with E-state index in [0.29, 0.717) is 26.1 Å². The second-order valence-electron chi connectivity index (χ2n) is 4.58. The van der Waals surface area contributed by atoms with Gasteiger partial charge in [0.1, 0.15) is 12.1 Å². The fourth-order valence-electron chi connectivity index (χ4n) is 2.35. The summed E-state index contributed by atoms with van der Waals surface area (Å²) in [4.78, 5) is 25.0. The first-order valence-electron chi connectivity index (χ1n) is 6.16. The molecule has 2 saturated heterocycles. The Hall–Kier alpha value is -1.18. The molecule has 3 unspecified atom stereocenters. The van der Waals surface area contributed by atoms with E-state index in [1.807, 2.05) is 0 Å². The quantitative estimate of drug-likeness (QED) is 0.620. The Morgan fingerprint density at radius 1 is 1.33 bits per heavy atom. The highest BCUT2D eigenvalue weighted by Crippen LogP contribution is 2.22. The van der Waals surface area contributed by atoms with E-state index in [0.717, 1.165) is 6.42 Å². The second-order valence-corrected chi connectivity index (χ2v) is 4.58. The van der Waals surface area contributed by atoms with Gasteiger partial charge in [0.15, 0.2) is 0 Å². The predicted octanol–water partition coefficient (Wildman–Crippen LogP) is -1.79. The third kappa shape index (κ3) is 2.63. The number of morpholine rings is 1. The molecule has 2 aliphatic rings. The number of nitrogens with two attached hydrogens (primary N) is 2. The van der Waals surface area contributed by atoms with Crippen molar-refractivity contribution in [2.75, 3.05) is 26.3 Å². The number of ether oxygens (including phenoxy) is 2. The number of rotatable bonds is 3. The maximum absolute atomic E-state index is 12.3. The van der Waals surface area contributed by atoms with E-state index in [1.165, 1.54) is 4.90 Å². The summed E-state index contributed by atoms with van der Waals surface area (Å²) in [6.45, 7) is 1.36. The minimum atomic E-state index is -0.688. The molecule has 102 valence electrons. The smallest absolute Gasteiger partial charge is 0.252 e. The zero-order valence-electron chi connectivity index (χ0n) is 10.2. The van der Waals surface area contributed by atoms with Crippen LogP contribution < -0.4 is 11.5 Å². The average Bonchev–Trinajstić information content (AvgIpc) is 2.86. The first-order valence-corrected chi connectivity index (χ1v) is 6.16. The predicted molar refractivity (Wildman–Crippen MR) is 62.5 cm³/mol. The van der Waals surface area contributed by atoms with Gasteiger partial charge in [-0.3, -0.25) is 9.59 Å². The number of hydrogen-bond acceptors (Lipinski definition) is 5. The summed E-state index contributed by atoms with van der Waals surface area (Å²) in [7, 11) is 0. The van der Waals surface area contributed by atoms with Crippen LogP contribution in [0.5, 0.6) is 0 Å². The molecule has 18 heavy (non-hydrogen) atoms. The van der Waals surface area contributed by atoms with Crippen molar-refractivity contribution in [3.05, 3.63) is 0 Å². The van der Waals surface area contributed by atoms with Crippen LogP contribution in [0.25, 0.3) is 0 Å². The van der Waals surface area contributed by atoms with Crippen molar-refractivity contribution < 1.29 is 19.1 Å². The minimum absolute atomic E-state index is 0.0629. The molecule has 0 aromatic heterocycles. The fourth-order valence-corrected chi connectivity index (χ4v) is 2.35. The molecule has 2 heterocycles. The van der Waals surface area contributed by atoms with Crippen molar-refractivity contribution in [1.82, 2.24) is 4.90 Å². The summed E-state index contributed by atoms with van der Waals surface area (Å²) in [5, 5.41) is 0. The van der Waals surface area contributed by atoms with Gasteiger partial charge >= 0.3 is 0 Å². The molecule has 0 spiro atoms. The van der Waals surface area contributed by atoms with Gasteiger partial charge < -0.3 is 25.8 Å². The lowest BCUT2D eigenvalue weighted by Gasteiger charge is -2.35. The first-order chi connectivity index (χ1) is 8.63. The molecule has 2 fully saturated rings. The number of hydrogen-bond donors (Lipinski definition) is 2. The van der Waals surface area contributed by atoms with Crippen molar-refractivity contribution in [1.29, 1.82) is 0 Å². The van der Waals surface area contributed by atoms with Gasteiger partial charge in [-0.1, -0.05) is 0 Å². The Morgan fingerprint density at radius 2 is 2.11 bits per heavy atom. The Bertz CT molecular complexity index is 336. The van der Waals surface area contributed by atoms with E-state index >= 15 is 0 Å². The van der Waals surface area contributed by atoms with Crippen molar-refractivity contribution in [3.63, 3.8) is 0 Å². The van der Waals surface area contributed by atoms with Crippen LogP contribution >= 0.6 is 0 Å². The summed E-state index contributed by atoms with van der Waals surface area (Å²) in [5.41, 5.74) is 10.8. The molecule has 4 N–H and O–H groups in total. The van der Waals surface area contributed by atoms with E-state index in [1.54, 1.807) is 0 Å². The average molecular weight is 257 g/mol. The maximum Gasteiger partial charge on any atom is 0.252 e. The Kier molecular flexibility index (Phi) is 4.15. The highest BCUT2D eigenvalue weighted by Gasteiger charge is 2.38. The maximum atomic E-state index is 12.3.